The first-order valence-corrected chi connectivity index (χ1v) is 3.43. The molecule has 0 aromatic heterocycles. The van der Waals surface area contributed by atoms with Crippen molar-refractivity contribution in [2.45, 2.75) is 6.92 Å². The van der Waals surface area contributed by atoms with E-state index in [-0.39, 0.29) is 16.9 Å². The second-order valence-corrected chi connectivity index (χ2v) is 2.40. The van der Waals surface area contributed by atoms with Crippen molar-refractivity contribution in [3.05, 3.63) is 35.9 Å². The van der Waals surface area contributed by atoms with Crippen LogP contribution in [0.25, 0.3) is 5.57 Å². The van der Waals surface area contributed by atoms with E-state index in [1.165, 1.54) is 19.1 Å². The molecule has 0 aliphatic heterocycles. The number of phenols is 1. The van der Waals surface area contributed by atoms with Gasteiger partial charge in [-0.25, -0.2) is 0 Å². The quantitative estimate of drug-likeness (QED) is 0.686. The molecule has 0 atom stereocenters. The number of aromatic hydroxyl groups is 1. The molecule has 0 radical (unpaired) electrons. The molecule has 1 N–H and O–H groups in total. The van der Waals surface area contributed by atoms with Gasteiger partial charge in [-0.15, -0.1) is 0 Å². The summed E-state index contributed by atoms with van der Waals surface area (Å²) in [6.45, 7) is 1.27. The van der Waals surface area contributed by atoms with Crippen LogP contribution in [0.15, 0.2) is 30.3 Å². The van der Waals surface area contributed by atoms with E-state index in [0.29, 0.717) is 0 Å². The van der Waals surface area contributed by atoms with Gasteiger partial charge in [0, 0.05) is 11.1 Å². The van der Waals surface area contributed by atoms with Gasteiger partial charge in [-0.2, -0.15) is 8.78 Å². The lowest BCUT2D eigenvalue weighted by molar-refractivity contribution is 0.423. The maximum absolute atomic E-state index is 12.1. The lowest BCUT2D eigenvalue weighted by atomic mass is 10.1. The number of rotatable bonds is 1. The van der Waals surface area contributed by atoms with E-state index < -0.39 is 6.08 Å². The summed E-state index contributed by atoms with van der Waals surface area (Å²) in [7, 11) is 0. The van der Waals surface area contributed by atoms with Crippen molar-refractivity contribution < 1.29 is 13.9 Å². The van der Waals surface area contributed by atoms with E-state index in [4.69, 9.17) is 5.11 Å². The fourth-order valence-electron chi connectivity index (χ4n) is 0.893. The molecule has 12 heavy (non-hydrogen) atoms. The second-order valence-electron chi connectivity index (χ2n) is 2.40. The minimum atomic E-state index is -1.77. The Labute approximate surface area is 69.0 Å². The van der Waals surface area contributed by atoms with Gasteiger partial charge in [-0.1, -0.05) is 18.2 Å². The van der Waals surface area contributed by atoms with Gasteiger partial charge < -0.3 is 5.11 Å². The second kappa shape index (κ2) is 3.34. The molecule has 1 rings (SSSR count). The Morgan fingerprint density at radius 1 is 1.25 bits per heavy atom. The minimum absolute atomic E-state index is 0.122. The Bertz CT molecular complexity index is 314. The van der Waals surface area contributed by atoms with Crippen molar-refractivity contribution in [1.82, 2.24) is 0 Å². The Morgan fingerprint density at radius 3 is 2.33 bits per heavy atom. The summed E-state index contributed by atoms with van der Waals surface area (Å²) in [5.41, 5.74) is -0.00870. The zero-order valence-electron chi connectivity index (χ0n) is 6.51. The number of hydrogen-bond donors (Lipinski definition) is 1. The molecule has 0 aliphatic rings. The van der Waals surface area contributed by atoms with E-state index in [2.05, 4.69) is 0 Å². The highest BCUT2D eigenvalue weighted by atomic mass is 19.3. The number of benzene rings is 1. The van der Waals surface area contributed by atoms with Gasteiger partial charge in [0.15, 0.2) is 0 Å². The maximum atomic E-state index is 12.1. The van der Waals surface area contributed by atoms with Crippen LogP contribution < -0.4 is 0 Å². The van der Waals surface area contributed by atoms with Crippen LogP contribution in [0, 0.1) is 0 Å². The van der Waals surface area contributed by atoms with E-state index in [0.717, 1.165) is 0 Å². The van der Waals surface area contributed by atoms with Crippen LogP contribution >= 0.6 is 0 Å². The van der Waals surface area contributed by atoms with Gasteiger partial charge in [-0.05, 0) is 13.0 Å². The third kappa shape index (κ3) is 1.61. The molecule has 0 heterocycles. The number of para-hydroxylation sites is 1. The van der Waals surface area contributed by atoms with Crippen LogP contribution in [0.4, 0.5) is 8.78 Å². The number of hydrogen-bond acceptors (Lipinski definition) is 1. The summed E-state index contributed by atoms with van der Waals surface area (Å²) < 4.78 is 24.1. The van der Waals surface area contributed by atoms with E-state index in [9.17, 15) is 8.78 Å². The minimum Gasteiger partial charge on any atom is -0.507 e. The van der Waals surface area contributed by atoms with E-state index >= 15 is 0 Å². The normalized spacial score (nSPS) is 9.58. The zero-order chi connectivity index (χ0) is 9.14. The summed E-state index contributed by atoms with van der Waals surface area (Å²) in [5.74, 6) is -0.122. The predicted octanol–water partition coefficient (Wildman–Crippen LogP) is 3.02. The molecule has 64 valence electrons. The van der Waals surface area contributed by atoms with Crippen LogP contribution in [0.5, 0.6) is 5.75 Å². The average Bonchev–Trinajstić information content (AvgIpc) is 2.04. The standard InChI is InChI=1S/C9H8F2O/c1-6(9(10)11)7-4-2-3-5-8(7)12/h2-5,12H,1H3. The first-order valence-electron chi connectivity index (χ1n) is 3.43. The third-order valence-electron chi connectivity index (χ3n) is 1.59. The summed E-state index contributed by atoms with van der Waals surface area (Å²) in [4.78, 5) is 0. The average molecular weight is 170 g/mol. The van der Waals surface area contributed by atoms with Gasteiger partial charge in [0.05, 0.1) is 0 Å². The van der Waals surface area contributed by atoms with Crippen LogP contribution in [-0.4, -0.2) is 5.11 Å². The molecule has 3 heteroatoms. The smallest absolute Gasteiger partial charge is 0.273 e. The Hall–Kier alpha value is -1.38. The molecule has 1 aromatic rings. The van der Waals surface area contributed by atoms with E-state index in [1.807, 2.05) is 0 Å². The van der Waals surface area contributed by atoms with Crippen LogP contribution in [0.1, 0.15) is 12.5 Å². The molecule has 0 saturated heterocycles. The largest absolute Gasteiger partial charge is 0.507 e. The number of allylic oxidation sites excluding steroid dienone is 1. The maximum Gasteiger partial charge on any atom is 0.273 e. The van der Waals surface area contributed by atoms with E-state index in [1.54, 1.807) is 12.1 Å². The zero-order valence-corrected chi connectivity index (χ0v) is 6.51. The van der Waals surface area contributed by atoms with Crippen molar-refractivity contribution in [3.8, 4) is 5.75 Å². The van der Waals surface area contributed by atoms with Gasteiger partial charge in [-0.3, -0.25) is 0 Å². The van der Waals surface area contributed by atoms with Crippen molar-refractivity contribution in [1.29, 1.82) is 0 Å². The Balaban J connectivity index is 3.21. The highest BCUT2D eigenvalue weighted by Gasteiger charge is 2.06. The predicted molar refractivity (Wildman–Crippen MR) is 42.9 cm³/mol. The highest BCUT2D eigenvalue weighted by Crippen LogP contribution is 2.27. The first kappa shape index (κ1) is 8.71. The lowest BCUT2D eigenvalue weighted by Gasteiger charge is -2.01. The van der Waals surface area contributed by atoms with Crippen molar-refractivity contribution in [3.63, 3.8) is 0 Å². The molecule has 0 bridgehead atoms. The fraction of sp³-hybridized carbons (Fsp3) is 0.111. The van der Waals surface area contributed by atoms with Gasteiger partial charge >= 0.3 is 0 Å². The van der Waals surface area contributed by atoms with Gasteiger partial charge in [0.2, 0.25) is 0 Å². The molecule has 0 saturated carbocycles. The molecule has 0 unspecified atom stereocenters. The Kier molecular flexibility index (Phi) is 2.43. The molecule has 0 fully saturated rings. The summed E-state index contributed by atoms with van der Waals surface area (Å²) >= 11 is 0. The first-order chi connectivity index (χ1) is 5.63. The van der Waals surface area contributed by atoms with Crippen molar-refractivity contribution >= 4 is 5.57 Å². The molecule has 0 aliphatic carbocycles. The summed E-state index contributed by atoms with van der Waals surface area (Å²) in [6.07, 6.45) is -1.77. The number of phenolic OH excluding ortho intramolecular Hbond substituents is 1. The summed E-state index contributed by atoms with van der Waals surface area (Å²) in [5, 5.41) is 9.16. The van der Waals surface area contributed by atoms with Crippen LogP contribution in [-0.2, 0) is 0 Å². The highest BCUT2D eigenvalue weighted by molar-refractivity contribution is 5.68. The summed E-state index contributed by atoms with van der Waals surface area (Å²) in [6, 6.07) is 6.01. The molecular weight excluding hydrogens is 162 g/mol. The molecule has 0 amide bonds. The molecular formula is C9H8F2O. The topological polar surface area (TPSA) is 20.2 Å². The Morgan fingerprint density at radius 2 is 1.83 bits per heavy atom. The third-order valence-corrected chi connectivity index (χ3v) is 1.59. The van der Waals surface area contributed by atoms with Crippen molar-refractivity contribution in [2.24, 2.45) is 0 Å². The number of halogens is 2. The SMILES string of the molecule is CC(=C(F)F)c1ccccc1O. The van der Waals surface area contributed by atoms with Crippen LogP contribution in [0.2, 0.25) is 0 Å². The fourth-order valence-corrected chi connectivity index (χ4v) is 0.893. The van der Waals surface area contributed by atoms with Crippen LogP contribution in [0.3, 0.4) is 0 Å². The molecule has 0 spiro atoms. The van der Waals surface area contributed by atoms with Gasteiger partial charge in [0.25, 0.3) is 6.08 Å². The monoisotopic (exact) mass is 170 g/mol. The van der Waals surface area contributed by atoms with Gasteiger partial charge in [0.1, 0.15) is 5.75 Å². The molecule has 1 aromatic carbocycles. The lowest BCUT2D eigenvalue weighted by Crippen LogP contribution is -1.81. The molecule has 1 nitrogen and oxygen atoms in total. The van der Waals surface area contributed by atoms with Crippen molar-refractivity contribution in [2.75, 3.05) is 0 Å².